The summed E-state index contributed by atoms with van der Waals surface area (Å²) < 4.78 is -1.18. The molecule has 0 aromatic carbocycles. The molecular formula is C7H9N3O4S. The Morgan fingerprint density at radius 2 is 2.07 bits per heavy atom. The molecule has 1 heterocycles. The predicted octanol–water partition coefficient (Wildman–Crippen LogP) is -0.587. The minimum atomic E-state index is -1.18. The van der Waals surface area contributed by atoms with Crippen molar-refractivity contribution in [1.29, 1.82) is 0 Å². The Labute approximate surface area is 87.9 Å². The Morgan fingerprint density at radius 3 is 2.53 bits per heavy atom. The summed E-state index contributed by atoms with van der Waals surface area (Å²) in [6.07, 6.45) is 0. The summed E-state index contributed by atoms with van der Waals surface area (Å²) in [5.74, 6) is -1.07. The van der Waals surface area contributed by atoms with E-state index in [0.29, 0.717) is 0 Å². The summed E-state index contributed by atoms with van der Waals surface area (Å²) >= 11 is 0.765. The van der Waals surface area contributed by atoms with Crippen molar-refractivity contribution in [3.63, 3.8) is 0 Å². The monoisotopic (exact) mass is 231 g/mol. The molecule has 0 spiro atoms. The molecule has 0 bridgehead atoms. The third kappa shape index (κ3) is 2.69. The average Bonchev–Trinajstić information content (AvgIpc) is 2.09. The van der Waals surface area contributed by atoms with Crippen LogP contribution in [0.5, 0.6) is 0 Å². The van der Waals surface area contributed by atoms with Crippen LogP contribution < -0.4 is 11.2 Å². The van der Waals surface area contributed by atoms with Gasteiger partial charge in [0, 0.05) is 0 Å². The number of carbonyl (C=O) groups is 1. The van der Waals surface area contributed by atoms with Crippen molar-refractivity contribution in [2.75, 3.05) is 0 Å². The van der Waals surface area contributed by atoms with Gasteiger partial charge in [-0.15, -0.1) is 0 Å². The SMILES string of the molecule is CC(C)(Sc1n[nH]c(=O)[nH]c1=O)C(=O)O. The van der Waals surface area contributed by atoms with Gasteiger partial charge in [-0.05, 0) is 13.8 Å². The molecular weight excluding hydrogens is 222 g/mol. The number of hydrogen-bond donors (Lipinski definition) is 3. The lowest BCUT2D eigenvalue weighted by Gasteiger charge is -2.16. The summed E-state index contributed by atoms with van der Waals surface area (Å²) in [6, 6.07) is 0. The average molecular weight is 231 g/mol. The topological polar surface area (TPSA) is 116 Å². The highest BCUT2D eigenvalue weighted by Gasteiger charge is 2.30. The molecule has 0 radical (unpaired) electrons. The van der Waals surface area contributed by atoms with Crippen molar-refractivity contribution in [3.8, 4) is 0 Å². The number of rotatable bonds is 3. The van der Waals surface area contributed by atoms with Gasteiger partial charge in [0.1, 0.15) is 4.75 Å². The van der Waals surface area contributed by atoms with Crippen LogP contribution in [0.3, 0.4) is 0 Å². The minimum Gasteiger partial charge on any atom is -0.480 e. The van der Waals surface area contributed by atoms with Gasteiger partial charge in [-0.3, -0.25) is 14.6 Å². The van der Waals surface area contributed by atoms with E-state index < -0.39 is 22.0 Å². The van der Waals surface area contributed by atoms with Crippen molar-refractivity contribution in [2.24, 2.45) is 0 Å². The maximum atomic E-state index is 11.2. The van der Waals surface area contributed by atoms with Crippen LogP contribution in [0.1, 0.15) is 13.8 Å². The molecule has 0 atom stereocenters. The van der Waals surface area contributed by atoms with Crippen LogP contribution in [0.15, 0.2) is 14.6 Å². The highest BCUT2D eigenvalue weighted by atomic mass is 32.2. The third-order valence-corrected chi connectivity index (χ3v) is 2.70. The van der Waals surface area contributed by atoms with E-state index in [-0.39, 0.29) is 5.03 Å². The first-order valence-electron chi connectivity index (χ1n) is 3.94. The van der Waals surface area contributed by atoms with Gasteiger partial charge < -0.3 is 5.11 Å². The molecule has 15 heavy (non-hydrogen) atoms. The van der Waals surface area contributed by atoms with Crippen LogP contribution in [-0.4, -0.2) is 31.0 Å². The number of aromatic amines is 2. The Balaban J connectivity index is 3.06. The van der Waals surface area contributed by atoms with E-state index in [2.05, 4.69) is 5.10 Å². The zero-order chi connectivity index (χ0) is 11.6. The lowest BCUT2D eigenvalue weighted by atomic mass is 10.2. The second kappa shape index (κ2) is 3.89. The zero-order valence-corrected chi connectivity index (χ0v) is 8.84. The highest BCUT2D eigenvalue weighted by molar-refractivity contribution is 8.01. The molecule has 0 saturated carbocycles. The Hall–Kier alpha value is -1.57. The van der Waals surface area contributed by atoms with Gasteiger partial charge in [-0.25, -0.2) is 9.89 Å². The van der Waals surface area contributed by atoms with E-state index in [1.807, 2.05) is 10.1 Å². The number of nitrogens with one attached hydrogen (secondary N) is 2. The van der Waals surface area contributed by atoms with Crippen LogP contribution in [0.25, 0.3) is 0 Å². The second-order valence-electron chi connectivity index (χ2n) is 3.23. The number of H-pyrrole nitrogens is 2. The third-order valence-electron chi connectivity index (χ3n) is 1.55. The van der Waals surface area contributed by atoms with Gasteiger partial charge in [-0.2, -0.15) is 5.10 Å². The van der Waals surface area contributed by atoms with Crippen LogP contribution in [-0.2, 0) is 4.79 Å². The number of aliphatic carboxylic acids is 1. The van der Waals surface area contributed by atoms with E-state index >= 15 is 0 Å². The van der Waals surface area contributed by atoms with Gasteiger partial charge in [-0.1, -0.05) is 11.8 Å². The summed E-state index contributed by atoms with van der Waals surface area (Å²) in [5, 5.41) is 14.2. The van der Waals surface area contributed by atoms with E-state index in [1.165, 1.54) is 13.8 Å². The first kappa shape index (κ1) is 11.5. The van der Waals surface area contributed by atoms with Crippen molar-refractivity contribution >= 4 is 17.7 Å². The van der Waals surface area contributed by atoms with Gasteiger partial charge in [0.2, 0.25) is 0 Å². The molecule has 1 rings (SSSR count). The Bertz CT molecular complexity index is 489. The summed E-state index contributed by atoms with van der Waals surface area (Å²) in [7, 11) is 0. The van der Waals surface area contributed by atoms with Crippen molar-refractivity contribution in [2.45, 2.75) is 23.6 Å². The molecule has 8 heteroatoms. The number of carboxylic acid groups (broad SMARTS) is 1. The quantitative estimate of drug-likeness (QED) is 0.599. The van der Waals surface area contributed by atoms with Gasteiger partial charge in [0.25, 0.3) is 5.56 Å². The van der Waals surface area contributed by atoms with Gasteiger partial charge in [0.15, 0.2) is 5.03 Å². The van der Waals surface area contributed by atoms with E-state index in [1.54, 1.807) is 0 Å². The molecule has 0 unspecified atom stereocenters. The molecule has 0 fully saturated rings. The number of carboxylic acids is 1. The Morgan fingerprint density at radius 1 is 1.47 bits per heavy atom. The number of thioether (sulfide) groups is 1. The summed E-state index contributed by atoms with van der Waals surface area (Å²) in [4.78, 5) is 34.6. The fourth-order valence-electron chi connectivity index (χ4n) is 0.691. The number of aromatic nitrogens is 3. The van der Waals surface area contributed by atoms with Gasteiger partial charge in [0.05, 0.1) is 0 Å². The number of hydrogen-bond acceptors (Lipinski definition) is 5. The van der Waals surface area contributed by atoms with Crippen LogP contribution in [0.4, 0.5) is 0 Å². The maximum Gasteiger partial charge on any atom is 0.342 e. The fraction of sp³-hybridized carbons (Fsp3) is 0.429. The van der Waals surface area contributed by atoms with Crippen LogP contribution in [0, 0.1) is 0 Å². The van der Waals surface area contributed by atoms with Crippen LogP contribution >= 0.6 is 11.8 Å². The lowest BCUT2D eigenvalue weighted by molar-refractivity contribution is -0.138. The second-order valence-corrected chi connectivity index (χ2v) is 4.84. The van der Waals surface area contributed by atoms with Crippen molar-refractivity contribution < 1.29 is 9.90 Å². The van der Waals surface area contributed by atoms with E-state index in [4.69, 9.17) is 5.11 Å². The smallest absolute Gasteiger partial charge is 0.342 e. The van der Waals surface area contributed by atoms with Crippen LogP contribution in [0.2, 0.25) is 0 Å². The summed E-state index contributed by atoms with van der Waals surface area (Å²) in [5.41, 5.74) is -1.42. The predicted molar refractivity (Wildman–Crippen MR) is 53.1 cm³/mol. The summed E-state index contributed by atoms with van der Waals surface area (Å²) in [6.45, 7) is 2.87. The first-order chi connectivity index (χ1) is 6.83. The van der Waals surface area contributed by atoms with Crippen molar-refractivity contribution in [3.05, 3.63) is 20.8 Å². The molecule has 82 valence electrons. The standard InChI is InChI=1S/C7H9N3O4S/c1-7(2,5(12)13)15-4-3(11)8-6(14)10-9-4/h1-2H3,(H,12,13)(H2,8,10,11,14). The molecule has 3 N–H and O–H groups in total. The van der Waals surface area contributed by atoms with E-state index in [0.717, 1.165) is 11.8 Å². The molecule has 0 aliphatic rings. The molecule has 0 aliphatic heterocycles. The first-order valence-corrected chi connectivity index (χ1v) is 4.76. The fourth-order valence-corrected chi connectivity index (χ4v) is 1.50. The molecule has 1 aromatic heterocycles. The normalized spacial score (nSPS) is 11.3. The molecule has 0 amide bonds. The largest absolute Gasteiger partial charge is 0.480 e. The molecule has 0 saturated heterocycles. The lowest BCUT2D eigenvalue weighted by Crippen LogP contribution is -2.31. The minimum absolute atomic E-state index is 0.0815. The number of nitrogens with zero attached hydrogens (tertiary/aromatic N) is 1. The Kier molecular flexibility index (Phi) is 2.98. The zero-order valence-electron chi connectivity index (χ0n) is 8.03. The molecule has 1 aromatic rings. The van der Waals surface area contributed by atoms with Crippen molar-refractivity contribution in [1.82, 2.24) is 15.2 Å². The van der Waals surface area contributed by atoms with Gasteiger partial charge >= 0.3 is 11.7 Å². The molecule has 7 nitrogen and oxygen atoms in total. The molecule has 0 aliphatic carbocycles. The van der Waals surface area contributed by atoms with E-state index in [9.17, 15) is 14.4 Å². The maximum absolute atomic E-state index is 11.2. The highest BCUT2D eigenvalue weighted by Crippen LogP contribution is 2.28.